The lowest BCUT2D eigenvalue weighted by Gasteiger charge is -2.21. The van der Waals surface area contributed by atoms with Gasteiger partial charge < -0.3 is 5.32 Å². The van der Waals surface area contributed by atoms with Gasteiger partial charge in [-0.15, -0.1) is 11.3 Å². The average molecular weight is 235 g/mol. The molecular weight excluding hydrogens is 218 g/mol. The first-order chi connectivity index (χ1) is 7.83. The fourth-order valence-corrected chi connectivity index (χ4v) is 3.99. The average Bonchev–Trinajstić information content (AvgIpc) is 3.01. The molecule has 0 saturated heterocycles. The van der Waals surface area contributed by atoms with Gasteiger partial charge in [0, 0.05) is 6.54 Å². The highest BCUT2D eigenvalue weighted by molar-refractivity contribution is 7.12. The first-order valence-corrected chi connectivity index (χ1v) is 7.02. The predicted molar refractivity (Wildman–Crippen MR) is 65.6 cm³/mol. The van der Waals surface area contributed by atoms with Crippen LogP contribution in [0, 0.1) is 17.8 Å². The summed E-state index contributed by atoms with van der Waals surface area (Å²) in [6, 6.07) is 3.82. The van der Waals surface area contributed by atoms with Crippen molar-refractivity contribution in [1.82, 2.24) is 5.32 Å². The number of hydrogen-bond donors (Lipinski definition) is 1. The molecule has 2 aliphatic rings. The number of thiophene rings is 1. The van der Waals surface area contributed by atoms with Crippen LogP contribution in [0.1, 0.15) is 35.4 Å². The molecule has 2 fully saturated rings. The Kier molecular flexibility index (Phi) is 2.72. The fraction of sp³-hybridized carbons (Fsp3) is 0.615. The number of carbonyl (C=O) groups excluding carboxylic acids is 1. The van der Waals surface area contributed by atoms with Gasteiger partial charge in [0.05, 0.1) is 4.88 Å². The third kappa shape index (κ3) is 1.88. The minimum absolute atomic E-state index is 0.109. The minimum Gasteiger partial charge on any atom is -0.351 e. The second-order valence-electron chi connectivity index (χ2n) is 5.12. The Hall–Kier alpha value is -0.830. The molecule has 1 aromatic rings. The van der Waals surface area contributed by atoms with E-state index in [9.17, 15) is 4.79 Å². The molecule has 0 aliphatic heterocycles. The van der Waals surface area contributed by atoms with Crippen LogP contribution in [0.4, 0.5) is 0 Å². The normalized spacial score (nSPS) is 31.9. The van der Waals surface area contributed by atoms with E-state index in [1.165, 1.54) is 37.0 Å². The highest BCUT2D eigenvalue weighted by atomic mass is 32.1. The van der Waals surface area contributed by atoms with Gasteiger partial charge in [-0.3, -0.25) is 4.79 Å². The second-order valence-corrected chi connectivity index (χ2v) is 6.07. The van der Waals surface area contributed by atoms with Gasteiger partial charge in [-0.25, -0.2) is 0 Å². The van der Waals surface area contributed by atoms with Crippen LogP contribution in [0.25, 0.3) is 0 Å². The van der Waals surface area contributed by atoms with Crippen LogP contribution >= 0.6 is 11.3 Å². The molecule has 1 aromatic heterocycles. The van der Waals surface area contributed by atoms with Crippen molar-refractivity contribution in [1.29, 1.82) is 0 Å². The zero-order valence-corrected chi connectivity index (χ0v) is 10.1. The maximum Gasteiger partial charge on any atom is 0.261 e. The molecule has 0 spiro atoms. The lowest BCUT2D eigenvalue weighted by molar-refractivity contribution is 0.0946. The van der Waals surface area contributed by atoms with Gasteiger partial charge >= 0.3 is 0 Å². The van der Waals surface area contributed by atoms with Crippen LogP contribution in [0.15, 0.2) is 17.5 Å². The molecule has 2 bridgehead atoms. The van der Waals surface area contributed by atoms with Crippen molar-refractivity contribution in [3.05, 3.63) is 22.4 Å². The van der Waals surface area contributed by atoms with Crippen molar-refractivity contribution in [2.45, 2.75) is 25.7 Å². The van der Waals surface area contributed by atoms with E-state index in [2.05, 4.69) is 5.32 Å². The van der Waals surface area contributed by atoms with E-state index in [4.69, 9.17) is 0 Å². The van der Waals surface area contributed by atoms with E-state index < -0.39 is 0 Å². The van der Waals surface area contributed by atoms with Crippen LogP contribution in [-0.4, -0.2) is 12.5 Å². The van der Waals surface area contributed by atoms with E-state index in [1.807, 2.05) is 17.5 Å². The molecule has 3 rings (SSSR count). The summed E-state index contributed by atoms with van der Waals surface area (Å²) < 4.78 is 0. The summed E-state index contributed by atoms with van der Waals surface area (Å²) in [5, 5.41) is 5.03. The maximum absolute atomic E-state index is 11.8. The summed E-state index contributed by atoms with van der Waals surface area (Å²) in [5.74, 6) is 2.72. The Morgan fingerprint density at radius 1 is 1.44 bits per heavy atom. The lowest BCUT2D eigenvalue weighted by Crippen LogP contribution is -2.31. The van der Waals surface area contributed by atoms with Gasteiger partial charge in [0.2, 0.25) is 0 Å². The van der Waals surface area contributed by atoms with Crippen LogP contribution in [0.5, 0.6) is 0 Å². The third-order valence-electron chi connectivity index (χ3n) is 4.15. The Bertz CT molecular complexity index is 373. The Labute approximate surface area is 100 Å². The molecule has 0 unspecified atom stereocenters. The van der Waals surface area contributed by atoms with Gasteiger partial charge in [0.1, 0.15) is 0 Å². The largest absolute Gasteiger partial charge is 0.351 e. The van der Waals surface area contributed by atoms with Crippen molar-refractivity contribution in [3.63, 3.8) is 0 Å². The van der Waals surface area contributed by atoms with Crippen molar-refractivity contribution in [3.8, 4) is 0 Å². The Morgan fingerprint density at radius 3 is 3.00 bits per heavy atom. The van der Waals surface area contributed by atoms with E-state index in [1.54, 1.807) is 0 Å². The van der Waals surface area contributed by atoms with Gasteiger partial charge in [-0.1, -0.05) is 12.5 Å². The molecule has 3 atom stereocenters. The number of amides is 1. The Balaban J connectivity index is 1.52. The standard InChI is InChI=1S/C13H17NOS/c15-13(12-2-1-5-16-12)14-8-11-7-9-3-4-10(11)6-9/h1-2,5,9-11H,3-4,6-8H2,(H,14,15)/t9-,10+,11-/m0/s1. The van der Waals surface area contributed by atoms with E-state index in [-0.39, 0.29) is 5.91 Å². The van der Waals surface area contributed by atoms with Gasteiger partial charge in [-0.2, -0.15) is 0 Å². The predicted octanol–water partition coefficient (Wildman–Crippen LogP) is 2.91. The van der Waals surface area contributed by atoms with Crippen molar-refractivity contribution >= 4 is 17.2 Å². The molecule has 16 heavy (non-hydrogen) atoms. The topological polar surface area (TPSA) is 29.1 Å². The molecular formula is C13H17NOS. The lowest BCUT2D eigenvalue weighted by atomic mass is 9.89. The van der Waals surface area contributed by atoms with Crippen LogP contribution in [0.3, 0.4) is 0 Å². The van der Waals surface area contributed by atoms with E-state index >= 15 is 0 Å². The number of rotatable bonds is 3. The van der Waals surface area contributed by atoms with Crippen LogP contribution in [-0.2, 0) is 0 Å². The highest BCUT2D eigenvalue weighted by Gasteiger charge is 2.39. The second kappa shape index (κ2) is 4.21. The molecule has 2 saturated carbocycles. The number of carbonyl (C=O) groups is 1. The molecule has 86 valence electrons. The van der Waals surface area contributed by atoms with E-state index in [0.29, 0.717) is 0 Å². The maximum atomic E-state index is 11.8. The molecule has 1 amide bonds. The smallest absolute Gasteiger partial charge is 0.261 e. The monoisotopic (exact) mass is 235 g/mol. The summed E-state index contributed by atoms with van der Waals surface area (Å²) >= 11 is 1.52. The first-order valence-electron chi connectivity index (χ1n) is 6.14. The SMILES string of the molecule is O=C(NC[C@@H]1C[C@H]2CC[C@@H]1C2)c1cccs1. The molecule has 1 heterocycles. The highest BCUT2D eigenvalue weighted by Crippen LogP contribution is 2.47. The summed E-state index contributed by atoms with van der Waals surface area (Å²) in [4.78, 5) is 12.6. The first kappa shape index (κ1) is 10.3. The zero-order chi connectivity index (χ0) is 11.0. The molecule has 0 radical (unpaired) electrons. The van der Waals surface area contributed by atoms with Gasteiger partial charge in [0.25, 0.3) is 5.91 Å². The molecule has 3 heteroatoms. The quantitative estimate of drug-likeness (QED) is 0.857. The van der Waals surface area contributed by atoms with Crippen molar-refractivity contribution in [2.24, 2.45) is 17.8 Å². The summed E-state index contributed by atoms with van der Waals surface area (Å²) in [5.41, 5.74) is 0. The van der Waals surface area contributed by atoms with Gasteiger partial charge in [-0.05, 0) is 48.5 Å². The zero-order valence-electron chi connectivity index (χ0n) is 9.32. The van der Waals surface area contributed by atoms with E-state index in [0.717, 1.165) is 29.2 Å². The summed E-state index contributed by atoms with van der Waals surface area (Å²) in [6.07, 6.45) is 5.58. The Morgan fingerprint density at radius 2 is 2.38 bits per heavy atom. The van der Waals surface area contributed by atoms with Crippen LogP contribution < -0.4 is 5.32 Å². The minimum atomic E-state index is 0.109. The van der Waals surface area contributed by atoms with Gasteiger partial charge in [0.15, 0.2) is 0 Å². The van der Waals surface area contributed by atoms with Crippen LogP contribution in [0.2, 0.25) is 0 Å². The summed E-state index contributed by atoms with van der Waals surface area (Å²) in [6.45, 7) is 0.887. The number of fused-ring (bicyclic) bond motifs is 2. The summed E-state index contributed by atoms with van der Waals surface area (Å²) in [7, 11) is 0. The molecule has 2 aliphatic carbocycles. The third-order valence-corrected chi connectivity index (χ3v) is 5.02. The van der Waals surface area contributed by atoms with Crippen molar-refractivity contribution in [2.75, 3.05) is 6.54 Å². The number of hydrogen-bond acceptors (Lipinski definition) is 2. The number of nitrogens with one attached hydrogen (secondary N) is 1. The fourth-order valence-electron chi connectivity index (χ4n) is 3.35. The van der Waals surface area contributed by atoms with Crippen molar-refractivity contribution < 1.29 is 4.79 Å². The molecule has 0 aromatic carbocycles. The molecule has 1 N–H and O–H groups in total. The molecule has 2 nitrogen and oxygen atoms in total.